The first kappa shape index (κ1) is 19.5. The standard InChI is InChI=1S/C18H24ClNO5/c1-2-24-9-10-25-16-14(19)7-4-8-15(16)20-17(21)12-5-3-6-13(11-12)18(22)23/h4,7-8,12-13H,2-3,5-6,9-11H2,1H3,(H,20,21)(H,22,23). The number of amides is 1. The lowest BCUT2D eigenvalue weighted by molar-refractivity contribution is -0.143. The van der Waals surface area contributed by atoms with Gasteiger partial charge in [0.1, 0.15) is 6.61 Å². The predicted octanol–water partition coefficient (Wildman–Crippen LogP) is 3.58. The lowest BCUT2D eigenvalue weighted by atomic mass is 9.81. The number of halogens is 1. The highest BCUT2D eigenvalue weighted by molar-refractivity contribution is 6.32. The number of rotatable bonds is 8. The van der Waals surface area contributed by atoms with Crippen molar-refractivity contribution in [2.45, 2.75) is 32.6 Å². The van der Waals surface area contributed by atoms with Crippen molar-refractivity contribution in [2.24, 2.45) is 11.8 Å². The highest BCUT2D eigenvalue weighted by Crippen LogP contribution is 2.35. The number of para-hydroxylation sites is 1. The average Bonchev–Trinajstić information content (AvgIpc) is 2.60. The van der Waals surface area contributed by atoms with Crippen LogP contribution in [0.4, 0.5) is 5.69 Å². The number of ether oxygens (including phenoxy) is 2. The molecule has 138 valence electrons. The molecule has 0 heterocycles. The number of anilines is 1. The number of carboxylic acid groups (broad SMARTS) is 1. The molecule has 2 atom stereocenters. The molecule has 25 heavy (non-hydrogen) atoms. The van der Waals surface area contributed by atoms with Gasteiger partial charge in [0.2, 0.25) is 5.91 Å². The van der Waals surface area contributed by atoms with Crippen LogP contribution in [0.15, 0.2) is 18.2 Å². The Kier molecular flexibility index (Phi) is 7.52. The molecule has 2 rings (SSSR count). The Balaban J connectivity index is 2.02. The molecule has 0 aromatic heterocycles. The Hall–Kier alpha value is -1.79. The normalized spacial score (nSPS) is 20.1. The van der Waals surface area contributed by atoms with Crippen LogP contribution in [0.25, 0.3) is 0 Å². The molecule has 1 aromatic carbocycles. The minimum Gasteiger partial charge on any atom is -0.487 e. The van der Waals surface area contributed by atoms with Gasteiger partial charge in [-0.05, 0) is 38.3 Å². The van der Waals surface area contributed by atoms with Gasteiger partial charge < -0.3 is 19.9 Å². The second kappa shape index (κ2) is 9.63. The Morgan fingerprint density at radius 2 is 2.04 bits per heavy atom. The number of carbonyl (C=O) groups is 2. The average molecular weight is 370 g/mol. The summed E-state index contributed by atoms with van der Waals surface area (Å²) in [6.45, 7) is 3.25. The third kappa shape index (κ3) is 5.61. The summed E-state index contributed by atoms with van der Waals surface area (Å²) in [6.07, 6.45) is 2.42. The van der Waals surface area contributed by atoms with Gasteiger partial charge in [-0.15, -0.1) is 0 Å². The SMILES string of the molecule is CCOCCOc1c(Cl)cccc1NC(=O)C1CCCC(C(=O)O)C1. The number of aliphatic carboxylic acids is 1. The van der Waals surface area contributed by atoms with Gasteiger partial charge in [-0.2, -0.15) is 0 Å². The van der Waals surface area contributed by atoms with Gasteiger partial charge in [-0.25, -0.2) is 0 Å². The fourth-order valence-corrected chi connectivity index (χ4v) is 3.22. The number of hydrogen-bond donors (Lipinski definition) is 2. The Bertz CT molecular complexity index is 607. The van der Waals surface area contributed by atoms with Gasteiger partial charge in [-0.1, -0.05) is 24.1 Å². The van der Waals surface area contributed by atoms with Crippen LogP contribution in [0.1, 0.15) is 32.6 Å². The van der Waals surface area contributed by atoms with Crippen molar-refractivity contribution in [3.05, 3.63) is 23.2 Å². The molecular formula is C18H24ClNO5. The highest BCUT2D eigenvalue weighted by Gasteiger charge is 2.31. The van der Waals surface area contributed by atoms with Crippen molar-refractivity contribution in [3.63, 3.8) is 0 Å². The van der Waals surface area contributed by atoms with Crippen LogP contribution in [-0.4, -0.2) is 36.8 Å². The minimum atomic E-state index is -0.833. The van der Waals surface area contributed by atoms with E-state index in [4.69, 9.17) is 26.2 Å². The molecule has 0 radical (unpaired) electrons. The first-order valence-corrected chi connectivity index (χ1v) is 8.93. The molecule has 1 saturated carbocycles. The van der Waals surface area contributed by atoms with Crippen molar-refractivity contribution in [3.8, 4) is 5.75 Å². The maximum absolute atomic E-state index is 12.5. The van der Waals surface area contributed by atoms with Crippen LogP contribution < -0.4 is 10.1 Å². The topological polar surface area (TPSA) is 84.9 Å². The van der Waals surface area contributed by atoms with E-state index in [2.05, 4.69) is 5.32 Å². The van der Waals surface area contributed by atoms with Crippen LogP contribution in [0, 0.1) is 11.8 Å². The van der Waals surface area contributed by atoms with E-state index in [9.17, 15) is 9.59 Å². The van der Waals surface area contributed by atoms with Crippen LogP contribution in [0.5, 0.6) is 5.75 Å². The van der Waals surface area contributed by atoms with E-state index in [-0.39, 0.29) is 11.8 Å². The quantitative estimate of drug-likeness (QED) is 0.684. The summed E-state index contributed by atoms with van der Waals surface area (Å²) in [6, 6.07) is 5.14. The second-order valence-corrected chi connectivity index (χ2v) is 6.46. The summed E-state index contributed by atoms with van der Waals surface area (Å²) < 4.78 is 10.9. The molecule has 0 aliphatic heterocycles. The largest absolute Gasteiger partial charge is 0.487 e. The van der Waals surface area contributed by atoms with Crippen molar-refractivity contribution < 1.29 is 24.2 Å². The number of carboxylic acids is 1. The van der Waals surface area contributed by atoms with Gasteiger partial charge in [0, 0.05) is 12.5 Å². The Morgan fingerprint density at radius 3 is 2.76 bits per heavy atom. The molecule has 1 amide bonds. The van der Waals surface area contributed by atoms with Crippen LogP contribution >= 0.6 is 11.6 Å². The highest BCUT2D eigenvalue weighted by atomic mass is 35.5. The first-order chi connectivity index (χ1) is 12.0. The van der Waals surface area contributed by atoms with E-state index in [0.717, 1.165) is 6.42 Å². The van der Waals surface area contributed by atoms with Gasteiger partial charge in [-0.3, -0.25) is 9.59 Å². The molecule has 7 heteroatoms. The monoisotopic (exact) mass is 369 g/mol. The van der Waals surface area contributed by atoms with E-state index in [1.807, 2.05) is 6.92 Å². The Labute approximate surface area is 152 Å². The molecule has 6 nitrogen and oxygen atoms in total. The smallest absolute Gasteiger partial charge is 0.306 e. The van der Waals surface area contributed by atoms with Crippen molar-refractivity contribution in [1.29, 1.82) is 0 Å². The zero-order valence-corrected chi connectivity index (χ0v) is 15.1. The van der Waals surface area contributed by atoms with E-state index >= 15 is 0 Å². The summed E-state index contributed by atoms with van der Waals surface area (Å²) in [5, 5.41) is 12.4. The summed E-state index contributed by atoms with van der Waals surface area (Å²) in [7, 11) is 0. The number of benzene rings is 1. The van der Waals surface area contributed by atoms with Crippen molar-refractivity contribution in [2.75, 3.05) is 25.1 Å². The van der Waals surface area contributed by atoms with E-state index < -0.39 is 11.9 Å². The Morgan fingerprint density at radius 1 is 1.28 bits per heavy atom. The third-order valence-electron chi connectivity index (χ3n) is 4.30. The van der Waals surface area contributed by atoms with Gasteiger partial charge >= 0.3 is 5.97 Å². The molecule has 0 bridgehead atoms. The number of nitrogens with one attached hydrogen (secondary N) is 1. The molecular weight excluding hydrogens is 346 g/mol. The predicted molar refractivity (Wildman–Crippen MR) is 95.2 cm³/mol. The number of carbonyl (C=O) groups excluding carboxylic acids is 1. The van der Waals surface area contributed by atoms with Gasteiger partial charge in [0.15, 0.2) is 5.75 Å². The second-order valence-electron chi connectivity index (χ2n) is 6.05. The van der Waals surface area contributed by atoms with Crippen molar-refractivity contribution in [1.82, 2.24) is 0 Å². The zero-order valence-electron chi connectivity index (χ0n) is 14.3. The molecule has 0 saturated heterocycles. The third-order valence-corrected chi connectivity index (χ3v) is 4.59. The summed E-state index contributed by atoms with van der Waals surface area (Å²) in [5.41, 5.74) is 0.492. The molecule has 1 aromatic rings. The van der Waals surface area contributed by atoms with E-state index in [0.29, 0.717) is 55.5 Å². The summed E-state index contributed by atoms with van der Waals surface area (Å²) in [4.78, 5) is 23.7. The van der Waals surface area contributed by atoms with Crippen molar-refractivity contribution >= 4 is 29.2 Å². The summed E-state index contributed by atoms with van der Waals surface area (Å²) >= 11 is 6.18. The fourth-order valence-electron chi connectivity index (χ4n) is 2.99. The summed E-state index contributed by atoms with van der Waals surface area (Å²) in [5.74, 6) is -1.39. The lowest BCUT2D eigenvalue weighted by Gasteiger charge is -2.26. The van der Waals surface area contributed by atoms with Crippen LogP contribution in [0.2, 0.25) is 5.02 Å². The lowest BCUT2D eigenvalue weighted by Crippen LogP contribution is -2.31. The maximum atomic E-state index is 12.5. The molecule has 1 aliphatic rings. The van der Waals surface area contributed by atoms with E-state index in [1.54, 1.807) is 18.2 Å². The minimum absolute atomic E-state index is 0.192. The molecule has 1 fully saturated rings. The van der Waals surface area contributed by atoms with Crippen LogP contribution in [-0.2, 0) is 14.3 Å². The van der Waals surface area contributed by atoms with Gasteiger partial charge in [0.25, 0.3) is 0 Å². The molecule has 2 N–H and O–H groups in total. The number of hydrogen-bond acceptors (Lipinski definition) is 4. The zero-order chi connectivity index (χ0) is 18.2. The maximum Gasteiger partial charge on any atom is 0.306 e. The first-order valence-electron chi connectivity index (χ1n) is 8.55. The van der Waals surface area contributed by atoms with Crippen LogP contribution in [0.3, 0.4) is 0 Å². The molecule has 1 aliphatic carbocycles. The van der Waals surface area contributed by atoms with E-state index in [1.165, 1.54) is 0 Å². The fraction of sp³-hybridized carbons (Fsp3) is 0.556. The molecule has 0 spiro atoms. The molecule has 2 unspecified atom stereocenters. The van der Waals surface area contributed by atoms with Gasteiger partial charge in [0.05, 0.1) is 23.2 Å².